The average Bonchev–Trinajstić information content (AvgIpc) is 2.61. The lowest BCUT2D eigenvalue weighted by Gasteiger charge is -2.22. The number of nitrogens with two attached hydrogens (primary N) is 1. The first-order chi connectivity index (χ1) is 12.8. The van der Waals surface area contributed by atoms with E-state index < -0.39 is 11.0 Å². The van der Waals surface area contributed by atoms with Crippen LogP contribution in [0.4, 0.5) is 5.69 Å². The molecule has 0 saturated heterocycles. The molecular formula is C21H31N3O2S. The Kier molecular flexibility index (Phi) is 9.75. The first kappa shape index (κ1) is 22.9. The summed E-state index contributed by atoms with van der Waals surface area (Å²) in [6, 6.07) is 7.64. The molecule has 0 aliphatic heterocycles. The van der Waals surface area contributed by atoms with Crippen molar-refractivity contribution >= 4 is 22.6 Å². The Hall–Kier alpha value is -2.18. The number of carbonyl (C=O) groups excluding carboxylic acids is 1. The van der Waals surface area contributed by atoms with Crippen LogP contribution in [0.1, 0.15) is 26.3 Å². The molecule has 0 aromatic heterocycles. The summed E-state index contributed by atoms with van der Waals surface area (Å²) < 4.78 is 14.3. The van der Waals surface area contributed by atoms with Crippen molar-refractivity contribution in [2.75, 3.05) is 24.1 Å². The number of carbonyl (C=O) groups is 1. The third-order valence-corrected chi connectivity index (χ3v) is 4.77. The normalized spacial score (nSPS) is 13.4. The average molecular weight is 390 g/mol. The number of allylic oxidation sites excluding steroid dienone is 4. The van der Waals surface area contributed by atoms with Crippen LogP contribution in [0.5, 0.6) is 0 Å². The van der Waals surface area contributed by atoms with Crippen molar-refractivity contribution in [2.45, 2.75) is 27.2 Å². The summed E-state index contributed by atoms with van der Waals surface area (Å²) in [6.45, 7) is 10.7. The van der Waals surface area contributed by atoms with Crippen LogP contribution >= 0.6 is 0 Å². The third-order valence-electron chi connectivity index (χ3n) is 4.24. The van der Waals surface area contributed by atoms with E-state index in [0.29, 0.717) is 19.5 Å². The summed E-state index contributed by atoms with van der Waals surface area (Å²) >= 11 is 0. The molecule has 1 aromatic rings. The van der Waals surface area contributed by atoms with Crippen molar-refractivity contribution in [3.63, 3.8) is 0 Å². The van der Waals surface area contributed by atoms with Gasteiger partial charge in [-0.2, -0.15) is 0 Å². The lowest BCUT2D eigenvalue weighted by Crippen LogP contribution is -2.36. The maximum absolute atomic E-state index is 12.9. The van der Waals surface area contributed by atoms with Gasteiger partial charge in [0, 0.05) is 25.0 Å². The Bertz CT molecular complexity index is 750. The van der Waals surface area contributed by atoms with Gasteiger partial charge in [-0.15, -0.1) is 0 Å². The number of hydrogen-bond donors (Lipinski definition) is 3. The molecule has 1 amide bonds. The molecule has 0 aliphatic carbocycles. The van der Waals surface area contributed by atoms with Crippen molar-refractivity contribution in [1.29, 1.82) is 0 Å². The number of amides is 1. The van der Waals surface area contributed by atoms with E-state index in [1.807, 2.05) is 51.1 Å². The largest absolute Gasteiger partial charge is 0.354 e. The van der Waals surface area contributed by atoms with Gasteiger partial charge in [0.2, 0.25) is 5.91 Å². The second kappa shape index (κ2) is 11.5. The second-order valence-corrected chi connectivity index (χ2v) is 7.69. The topological polar surface area (TPSA) is 84.2 Å². The van der Waals surface area contributed by atoms with Gasteiger partial charge >= 0.3 is 0 Å². The van der Waals surface area contributed by atoms with Gasteiger partial charge < -0.3 is 15.8 Å². The highest BCUT2D eigenvalue weighted by atomic mass is 32.2. The minimum absolute atomic E-state index is 0.0634. The van der Waals surface area contributed by atoms with Crippen LogP contribution in [-0.2, 0) is 22.2 Å². The zero-order valence-electron chi connectivity index (χ0n) is 16.7. The minimum Gasteiger partial charge on any atom is -0.354 e. The molecule has 2 atom stereocenters. The van der Waals surface area contributed by atoms with E-state index >= 15 is 0 Å². The number of hydrogen-bond acceptors (Lipinski definition) is 3. The van der Waals surface area contributed by atoms with Gasteiger partial charge in [-0.3, -0.25) is 4.79 Å². The number of benzene rings is 1. The highest BCUT2D eigenvalue weighted by Gasteiger charge is 2.24. The first-order valence-electron chi connectivity index (χ1n) is 8.94. The van der Waals surface area contributed by atoms with Crippen molar-refractivity contribution in [3.05, 3.63) is 65.3 Å². The van der Waals surface area contributed by atoms with E-state index in [1.54, 1.807) is 12.3 Å². The van der Waals surface area contributed by atoms with Crippen molar-refractivity contribution in [2.24, 2.45) is 11.7 Å². The molecule has 0 fully saturated rings. The van der Waals surface area contributed by atoms with E-state index in [2.05, 4.69) is 16.6 Å². The Labute approximate surface area is 165 Å². The van der Waals surface area contributed by atoms with Crippen molar-refractivity contribution < 1.29 is 9.00 Å². The molecule has 148 valence electrons. The molecule has 1 rings (SSSR count). The van der Waals surface area contributed by atoms with Crippen LogP contribution in [0, 0.1) is 5.92 Å². The summed E-state index contributed by atoms with van der Waals surface area (Å²) in [5.74, 6) is -0.432. The molecule has 0 heterocycles. The lowest BCUT2D eigenvalue weighted by atomic mass is 9.85. The summed E-state index contributed by atoms with van der Waals surface area (Å²) in [5.41, 5.74) is 10.5. The molecular weight excluding hydrogens is 358 g/mol. The fraction of sp³-hybridized carbons (Fsp3) is 0.381. The van der Waals surface area contributed by atoms with E-state index in [0.717, 1.165) is 28.0 Å². The quantitative estimate of drug-likeness (QED) is 0.538. The van der Waals surface area contributed by atoms with E-state index in [4.69, 9.17) is 5.73 Å². The van der Waals surface area contributed by atoms with Crippen molar-refractivity contribution in [1.82, 2.24) is 5.32 Å². The van der Waals surface area contributed by atoms with E-state index in [9.17, 15) is 9.00 Å². The van der Waals surface area contributed by atoms with Gasteiger partial charge in [0.15, 0.2) is 0 Å². The molecule has 0 spiro atoms. The molecule has 4 N–H and O–H groups in total. The Morgan fingerprint density at radius 3 is 2.59 bits per heavy atom. The standard InChI is InChI=1S/C21H31N3O2S/c1-6-8-19(16(4)15(2)3)20(21(25)23-12-11-22)14-17-9-7-10-18(13-17)24-27(5)26/h6-10,13,20,24H,1,11-12,14,22H2,2-5H3,(H,23,25)/b19-8+. The summed E-state index contributed by atoms with van der Waals surface area (Å²) in [7, 11) is -1.15. The summed E-state index contributed by atoms with van der Waals surface area (Å²) in [6.07, 6.45) is 5.72. The van der Waals surface area contributed by atoms with Gasteiger partial charge in [0.1, 0.15) is 11.0 Å². The maximum atomic E-state index is 12.9. The van der Waals surface area contributed by atoms with Gasteiger partial charge in [-0.1, -0.05) is 36.4 Å². The molecule has 0 aliphatic rings. The smallest absolute Gasteiger partial charge is 0.227 e. The zero-order chi connectivity index (χ0) is 20.4. The predicted molar refractivity (Wildman–Crippen MR) is 116 cm³/mol. The van der Waals surface area contributed by atoms with Gasteiger partial charge in [0.25, 0.3) is 0 Å². The van der Waals surface area contributed by atoms with Gasteiger partial charge in [-0.25, -0.2) is 4.21 Å². The lowest BCUT2D eigenvalue weighted by molar-refractivity contribution is -0.123. The Morgan fingerprint density at radius 2 is 2.04 bits per heavy atom. The molecule has 0 saturated carbocycles. The fourth-order valence-electron chi connectivity index (χ4n) is 2.74. The van der Waals surface area contributed by atoms with Crippen LogP contribution < -0.4 is 15.8 Å². The SMILES string of the molecule is C=C/C=C(\C(C)=C(C)C)C(Cc1cccc(NS(C)=O)c1)C(=O)NCCN. The predicted octanol–water partition coefficient (Wildman–Crippen LogP) is 3.09. The van der Waals surface area contributed by atoms with Crippen LogP contribution in [0.2, 0.25) is 0 Å². The second-order valence-electron chi connectivity index (χ2n) is 6.58. The Morgan fingerprint density at radius 1 is 1.33 bits per heavy atom. The minimum atomic E-state index is -1.15. The van der Waals surface area contributed by atoms with E-state index in [-0.39, 0.29) is 11.8 Å². The highest BCUT2D eigenvalue weighted by molar-refractivity contribution is 7.85. The molecule has 27 heavy (non-hydrogen) atoms. The van der Waals surface area contributed by atoms with Crippen LogP contribution in [0.3, 0.4) is 0 Å². The van der Waals surface area contributed by atoms with Crippen LogP contribution in [0.25, 0.3) is 0 Å². The van der Waals surface area contributed by atoms with Gasteiger partial charge in [-0.05, 0) is 56.0 Å². The molecule has 0 bridgehead atoms. The molecule has 5 nitrogen and oxygen atoms in total. The highest BCUT2D eigenvalue weighted by Crippen LogP contribution is 2.27. The number of anilines is 1. The van der Waals surface area contributed by atoms with E-state index in [1.165, 1.54) is 0 Å². The third kappa shape index (κ3) is 7.53. The van der Waals surface area contributed by atoms with Gasteiger partial charge in [0.05, 0.1) is 5.92 Å². The molecule has 0 radical (unpaired) electrons. The number of rotatable bonds is 10. The fourth-order valence-corrected chi connectivity index (χ4v) is 3.20. The maximum Gasteiger partial charge on any atom is 0.227 e. The van der Waals surface area contributed by atoms with Crippen LogP contribution in [0.15, 0.2) is 59.7 Å². The zero-order valence-corrected chi connectivity index (χ0v) is 17.5. The van der Waals surface area contributed by atoms with Crippen LogP contribution in [-0.4, -0.2) is 29.5 Å². The first-order valence-corrected chi connectivity index (χ1v) is 10.5. The number of nitrogens with one attached hydrogen (secondary N) is 2. The monoisotopic (exact) mass is 389 g/mol. The summed E-state index contributed by atoms with van der Waals surface area (Å²) in [5, 5.41) is 2.91. The molecule has 6 heteroatoms. The Balaban J connectivity index is 3.28. The molecule has 2 unspecified atom stereocenters. The van der Waals surface area contributed by atoms with Crippen molar-refractivity contribution in [3.8, 4) is 0 Å². The summed E-state index contributed by atoms with van der Waals surface area (Å²) in [4.78, 5) is 12.9. The molecule has 1 aromatic carbocycles.